The van der Waals surface area contributed by atoms with Crippen molar-refractivity contribution in [3.63, 3.8) is 0 Å². The molecule has 0 amide bonds. The number of para-hydroxylation sites is 1. The molecule has 1 N–H and O–H groups in total. The normalized spacial score (nSPS) is 11.2. The first-order valence-electron chi connectivity index (χ1n) is 9.47. The summed E-state index contributed by atoms with van der Waals surface area (Å²) in [6.07, 6.45) is 1.06. The highest BCUT2D eigenvalue weighted by Crippen LogP contribution is 2.30. The zero-order chi connectivity index (χ0) is 19.9. The summed E-state index contributed by atoms with van der Waals surface area (Å²) in [7, 11) is 4.14. The maximum atomic E-state index is 13.3. The Morgan fingerprint density at radius 2 is 1.79 bits per heavy atom. The minimum absolute atomic E-state index is 0.289. The van der Waals surface area contributed by atoms with Gasteiger partial charge >= 0.3 is 0 Å². The van der Waals surface area contributed by atoms with Gasteiger partial charge in [-0.05, 0) is 76.9 Å². The Labute approximate surface area is 165 Å². The van der Waals surface area contributed by atoms with E-state index in [1.54, 1.807) is 16.8 Å². The van der Waals surface area contributed by atoms with Crippen LogP contribution in [0.4, 0.5) is 4.39 Å². The highest BCUT2D eigenvalue weighted by Gasteiger charge is 2.18. The van der Waals surface area contributed by atoms with Crippen molar-refractivity contribution in [1.29, 1.82) is 0 Å². The number of hydrogen-bond acceptors (Lipinski definition) is 4. The van der Waals surface area contributed by atoms with Crippen molar-refractivity contribution >= 4 is 0 Å². The van der Waals surface area contributed by atoms with Gasteiger partial charge in [-0.2, -0.15) is 5.10 Å². The Bertz CT molecular complexity index is 876. The molecular formula is C22H27FN4O. The van der Waals surface area contributed by atoms with E-state index in [1.165, 1.54) is 12.1 Å². The minimum atomic E-state index is -0.289. The van der Waals surface area contributed by atoms with Gasteiger partial charge in [-0.3, -0.25) is 0 Å². The summed E-state index contributed by atoms with van der Waals surface area (Å²) < 4.78 is 21.2. The second-order valence-electron chi connectivity index (χ2n) is 7.01. The molecule has 0 atom stereocenters. The second kappa shape index (κ2) is 9.48. The van der Waals surface area contributed by atoms with Crippen LogP contribution in [0.2, 0.25) is 0 Å². The Morgan fingerprint density at radius 3 is 2.46 bits per heavy atom. The molecular weight excluding hydrogens is 355 g/mol. The Balaban J connectivity index is 1.85. The zero-order valence-electron chi connectivity index (χ0n) is 16.7. The molecule has 2 aromatic carbocycles. The standard InChI is InChI=1S/C22H27FN4O/c1-17-21(16-24-14-7-15-26(2)3)22(28-20-12-10-18(23)11-13-20)27(25-17)19-8-5-4-6-9-19/h4-6,8-13,24H,7,14-16H2,1-3H3. The van der Waals surface area contributed by atoms with Gasteiger partial charge in [-0.15, -0.1) is 0 Å². The number of halogens is 1. The number of aryl methyl sites for hydroxylation is 1. The lowest BCUT2D eigenvalue weighted by Crippen LogP contribution is -2.21. The van der Waals surface area contributed by atoms with Crippen LogP contribution in [0.1, 0.15) is 17.7 Å². The van der Waals surface area contributed by atoms with Crippen molar-refractivity contribution in [2.45, 2.75) is 19.9 Å². The highest BCUT2D eigenvalue weighted by molar-refractivity contribution is 5.43. The molecule has 6 heteroatoms. The number of ether oxygens (including phenoxy) is 1. The van der Waals surface area contributed by atoms with E-state index in [9.17, 15) is 4.39 Å². The fourth-order valence-electron chi connectivity index (χ4n) is 2.94. The molecule has 0 saturated heterocycles. The molecule has 148 valence electrons. The molecule has 5 nitrogen and oxygen atoms in total. The fraction of sp³-hybridized carbons (Fsp3) is 0.318. The second-order valence-corrected chi connectivity index (χ2v) is 7.01. The highest BCUT2D eigenvalue weighted by atomic mass is 19.1. The third kappa shape index (κ3) is 5.18. The summed E-state index contributed by atoms with van der Waals surface area (Å²) in [6.45, 7) is 4.58. The smallest absolute Gasteiger partial charge is 0.227 e. The fourth-order valence-corrected chi connectivity index (χ4v) is 2.94. The largest absolute Gasteiger partial charge is 0.439 e. The zero-order valence-corrected chi connectivity index (χ0v) is 16.7. The minimum Gasteiger partial charge on any atom is -0.439 e. The van der Waals surface area contributed by atoms with Gasteiger partial charge < -0.3 is 15.0 Å². The van der Waals surface area contributed by atoms with Gasteiger partial charge in [-0.25, -0.2) is 9.07 Å². The van der Waals surface area contributed by atoms with E-state index < -0.39 is 0 Å². The lowest BCUT2D eigenvalue weighted by atomic mass is 10.2. The van der Waals surface area contributed by atoms with E-state index in [-0.39, 0.29) is 5.82 Å². The summed E-state index contributed by atoms with van der Waals surface area (Å²) in [5.74, 6) is 0.936. The summed E-state index contributed by atoms with van der Waals surface area (Å²) in [6, 6.07) is 15.9. The molecule has 0 aliphatic carbocycles. The maximum Gasteiger partial charge on any atom is 0.227 e. The molecule has 0 fully saturated rings. The third-order valence-electron chi connectivity index (χ3n) is 4.43. The first-order valence-corrected chi connectivity index (χ1v) is 9.47. The Hall–Kier alpha value is -2.70. The molecule has 3 aromatic rings. The molecule has 0 unspecified atom stereocenters. The molecule has 3 rings (SSSR count). The first-order chi connectivity index (χ1) is 13.5. The topological polar surface area (TPSA) is 42.3 Å². The molecule has 0 spiro atoms. The molecule has 0 saturated carbocycles. The summed E-state index contributed by atoms with van der Waals surface area (Å²) in [5.41, 5.74) is 2.82. The van der Waals surface area contributed by atoms with Crippen LogP contribution in [0, 0.1) is 12.7 Å². The van der Waals surface area contributed by atoms with E-state index in [4.69, 9.17) is 9.84 Å². The number of nitrogens with one attached hydrogen (secondary N) is 1. The van der Waals surface area contributed by atoms with E-state index in [0.29, 0.717) is 18.2 Å². The van der Waals surface area contributed by atoms with Gasteiger partial charge in [0.05, 0.1) is 16.9 Å². The van der Waals surface area contributed by atoms with Gasteiger partial charge in [0.1, 0.15) is 11.6 Å². The molecule has 0 radical (unpaired) electrons. The predicted octanol–water partition coefficient (Wildman–Crippen LogP) is 4.15. The van der Waals surface area contributed by atoms with E-state index >= 15 is 0 Å². The van der Waals surface area contributed by atoms with Crippen molar-refractivity contribution in [3.05, 3.63) is 71.7 Å². The van der Waals surface area contributed by atoms with Crippen molar-refractivity contribution in [1.82, 2.24) is 20.0 Å². The predicted molar refractivity (Wildman–Crippen MR) is 110 cm³/mol. The van der Waals surface area contributed by atoms with Crippen LogP contribution in [0.3, 0.4) is 0 Å². The van der Waals surface area contributed by atoms with E-state index in [1.807, 2.05) is 37.3 Å². The molecule has 0 bridgehead atoms. The third-order valence-corrected chi connectivity index (χ3v) is 4.43. The van der Waals surface area contributed by atoms with Gasteiger partial charge in [0, 0.05) is 6.54 Å². The van der Waals surface area contributed by atoms with Crippen LogP contribution >= 0.6 is 0 Å². The SMILES string of the molecule is Cc1nn(-c2ccccc2)c(Oc2ccc(F)cc2)c1CNCCCN(C)C. The number of nitrogens with zero attached hydrogens (tertiary/aromatic N) is 3. The first kappa shape index (κ1) is 20.0. The van der Waals surface area contributed by atoms with Crippen LogP contribution in [0.25, 0.3) is 5.69 Å². The monoisotopic (exact) mass is 382 g/mol. The molecule has 28 heavy (non-hydrogen) atoms. The maximum absolute atomic E-state index is 13.3. The van der Waals surface area contributed by atoms with Crippen LogP contribution in [-0.2, 0) is 6.54 Å². The lowest BCUT2D eigenvalue weighted by Gasteiger charge is -2.13. The Morgan fingerprint density at radius 1 is 1.07 bits per heavy atom. The number of rotatable bonds is 9. The number of benzene rings is 2. The average Bonchev–Trinajstić information content (AvgIpc) is 2.99. The van der Waals surface area contributed by atoms with Crippen molar-refractivity contribution < 1.29 is 9.13 Å². The molecule has 0 aliphatic heterocycles. The van der Waals surface area contributed by atoms with Crippen LogP contribution < -0.4 is 10.1 Å². The van der Waals surface area contributed by atoms with Crippen LogP contribution in [0.5, 0.6) is 11.6 Å². The molecule has 0 aliphatic rings. The molecule has 1 aromatic heterocycles. The van der Waals surface area contributed by atoms with Crippen molar-refractivity contribution in [3.8, 4) is 17.3 Å². The average molecular weight is 382 g/mol. The van der Waals surface area contributed by atoms with E-state index in [0.717, 1.165) is 36.5 Å². The summed E-state index contributed by atoms with van der Waals surface area (Å²) >= 11 is 0. The summed E-state index contributed by atoms with van der Waals surface area (Å²) in [4.78, 5) is 2.17. The number of aromatic nitrogens is 2. The molecule has 1 heterocycles. The van der Waals surface area contributed by atoms with Crippen molar-refractivity contribution in [2.75, 3.05) is 27.2 Å². The van der Waals surface area contributed by atoms with Gasteiger partial charge in [-0.1, -0.05) is 18.2 Å². The van der Waals surface area contributed by atoms with Crippen LogP contribution in [0.15, 0.2) is 54.6 Å². The number of hydrogen-bond donors (Lipinski definition) is 1. The Kier molecular flexibility index (Phi) is 6.79. The van der Waals surface area contributed by atoms with E-state index in [2.05, 4.69) is 24.3 Å². The van der Waals surface area contributed by atoms with Gasteiger partial charge in [0.2, 0.25) is 5.88 Å². The van der Waals surface area contributed by atoms with Gasteiger partial charge in [0.25, 0.3) is 0 Å². The van der Waals surface area contributed by atoms with Crippen molar-refractivity contribution in [2.24, 2.45) is 0 Å². The quantitative estimate of drug-likeness (QED) is 0.565. The van der Waals surface area contributed by atoms with Crippen LogP contribution in [-0.4, -0.2) is 41.9 Å². The lowest BCUT2D eigenvalue weighted by molar-refractivity contribution is 0.393. The summed E-state index contributed by atoms with van der Waals surface area (Å²) in [5, 5.41) is 8.17. The van der Waals surface area contributed by atoms with Gasteiger partial charge in [0.15, 0.2) is 0 Å².